The standard InChI is InChI=1S/C31H31ClN4O6S/c1-33-17-20-14-25(29-28(15-20)41-19-42-29)31(35-12-3-4-27(35)30-34-11-13-40-30)18-36(26-10-5-21(32)16-24(26)31)43(37,38)23-8-6-22(39-2)7-9-23/h5-11,13-16,27,33H,3-4,12,17-19H2,1-2H3/t27-,31?/m0/s1. The number of fused-ring (bicyclic) bond motifs is 2. The number of methoxy groups -OCH3 is 1. The number of hydrogen-bond donors (Lipinski definition) is 1. The molecule has 1 saturated heterocycles. The molecule has 3 aliphatic rings. The van der Waals surface area contributed by atoms with E-state index in [1.54, 1.807) is 56.0 Å². The lowest BCUT2D eigenvalue weighted by Gasteiger charge is -2.43. The molecule has 0 aliphatic carbocycles. The van der Waals surface area contributed by atoms with Crippen LogP contribution in [0.5, 0.6) is 17.2 Å². The summed E-state index contributed by atoms with van der Waals surface area (Å²) in [5.74, 6) is 2.36. The second-order valence-corrected chi connectivity index (χ2v) is 13.1. The maximum absolute atomic E-state index is 14.5. The summed E-state index contributed by atoms with van der Waals surface area (Å²) in [4.78, 5) is 6.99. The van der Waals surface area contributed by atoms with Crippen molar-refractivity contribution < 1.29 is 27.0 Å². The minimum atomic E-state index is -4.02. The Hall–Kier alpha value is -3.77. The van der Waals surface area contributed by atoms with Gasteiger partial charge in [0.15, 0.2) is 11.5 Å². The van der Waals surface area contributed by atoms with Gasteiger partial charge in [-0.05, 0) is 80.1 Å². The summed E-state index contributed by atoms with van der Waals surface area (Å²) >= 11 is 6.69. The highest BCUT2D eigenvalue weighted by molar-refractivity contribution is 7.92. The van der Waals surface area contributed by atoms with Crippen LogP contribution in [0, 0.1) is 0 Å². The molecule has 3 aliphatic heterocycles. The van der Waals surface area contributed by atoms with Crippen molar-refractivity contribution in [1.29, 1.82) is 0 Å². The normalized spacial score (nSPS) is 21.4. The quantitative estimate of drug-likeness (QED) is 0.288. The maximum Gasteiger partial charge on any atom is 0.264 e. The predicted octanol–water partition coefficient (Wildman–Crippen LogP) is 5.07. The molecule has 0 spiro atoms. The van der Waals surface area contributed by atoms with Gasteiger partial charge in [0, 0.05) is 29.2 Å². The largest absolute Gasteiger partial charge is 0.497 e. The lowest BCUT2D eigenvalue weighted by molar-refractivity contribution is 0.101. The van der Waals surface area contributed by atoms with Crippen LogP contribution in [0.25, 0.3) is 0 Å². The van der Waals surface area contributed by atoms with Gasteiger partial charge < -0.3 is 23.9 Å². The molecule has 3 aromatic carbocycles. The van der Waals surface area contributed by atoms with E-state index in [4.69, 9.17) is 30.2 Å². The molecule has 0 bridgehead atoms. The molecule has 0 saturated carbocycles. The minimum Gasteiger partial charge on any atom is -0.497 e. The van der Waals surface area contributed by atoms with Gasteiger partial charge in [0.05, 0.1) is 42.0 Å². The number of benzene rings is 3. The summed E-state index contributed by atoms with van der Waals surface area (Å²) in [6.07, 6.45) is 4.87. The molecular formula is C31H31ClN4O6S. The Morgan fingerprint density at radius 1 is 1.12 bits per heavy atom. The number of rotatable bonds is 8. The van der Waals surface area contributed by atoms with Crippen LogP contribution in [0.1, 0.15) is 41.5 Å². The number of halogens is 1. The third kappa shape index (κ3) is 4.45. The SMILES string of the molecule is CNCc1cc2c(c(C3(N4CCC[C@H]4c4ncco4)CN(S(=O)(=O)c4ccc(OC)cc4)c4ccc(Cl)cc43)c1)OCO2. The van der Waals surface area contributed by atoms with Crippen LogP contribution in [0.2, 0.25) is 5.02 Å². The van der Waals surface area contributed by atoms with Gasteiger partial charge in [0.25, 0.3) is 10.0 Å². The minimum absolute atomic E-state index is 0.0703. The molecule has 224 valence electrons. The zero-order valence-electron chi connectivity index (χ0n) is 23.7. The highest BCUT2D eigenvalue weighted by Gasteiger charge is 2.57. The molecule has 2 atom stereocenters. The van der Waals surface area contributed by atoms with E-state index in [1.807, 2.05) is 19.2 Å². The van der Waals surface area contributed by atoms with Gasteiger partial charge in [-0.25, -0.2) is 13.4 Å². The Morgan fingerprint density at radius 3 is 2.70 bits per heavy atom. The van der Waals surface area contributed by atoms with Gasteiger partial charge in [-0.2, -0.15) is 0 Å². The Labute approximate surface area is 255 Å². The topological polar surface area (TPSA) is 106 Å². The second kappa shape index (κ2) is 10.7. The van der Waals surface area contributed by atoms with E-state index >= 15 is 0 Å². The third-order valence-corrected chi connectivity index (χ3v) is 10.5. The Kier molecular flexibility index (Phi) is 7.00. The van der Waals surface area contributed by atoms with Crippen molar-refractivity contribution in [3.63, 3.8) is 0 Å². The van der Waals surface area contributed by atoms with Gasteiger partial charge >= 0.3 is 0 Å². The summed E-state index contributed by atoms with van der Waals surface area (Å²) in [5.41, 5.74) is 2.08. The smallest absolute Gasteiger partial charge is 0.264 e. The molecule has 7 rings (SSSR count). The van der Waals surface area contributed by atoms with Crippen molar-refractivity contribution in [1.82, 2.24) is 15.2 Å². The first kappa shape index (κ1) is 28.0. The molecule has 43 heavy (non-hydrogen) atoms. The van der Waals surface area contributed by atoms with Crippen molar-refractivity contribution in [2.24, 2.45) is 0 Å². The first-order valence-corrected chi connectivity index (χ1v) is 15.9. The zero-order chi connectivity index (χ0) is 29.8. The lowest BCUT2D eigenvalue weighted by Crippen LogP contribution is -2.50. The lowest BCUT2D eigenvalue weighted by atomic mass is 9.80. The highest BCUT2D eigenvalue weighted by Crippen LogP contribution is 2.57. The number of aromatic nitrogens is 1. The van der Waals surface area contributed by atoms with Crippen LogP contribution >= 0.6 is 11.6 Å². The first-order chi connectivity index (χ1) is 20.9. The average molecular weight is 623 g/mol. The van der Waals surface area contributed by atoms with Gasteiger partial charge in [-0.3, -0.25) is 9.21 Å². The van der Waals surface area contributed by atoms with Crippen LogP contribution in [0.3, 0.4) is 0 Å². The van der Waals surface area contributed by atoms with E-state index in [0.717, 1.165) is 29.5 Å². The van der Waals surface area contributed by atoms with E-state index in [0.29, 0.717) is 46.9 Å². The summed E-state index contributed by atoms with van der Waals surface area (Å²) in [7, 11) is -0.591. The monoisotopic (exact) mass is 622 g/mol. The highest BCUT2D eigenvalue weighted by atomic mass is 35.5. The summed E-state index contributed by atoms with van der Waals surface area (Å²) in [6.45, 7) is 1.40. The zero-order valence-corrected chi connectivity index (χ0v) is 25.3. The molecule has 1 fully saturated rings. The van der Waals surface area contributed by atoms with Crippen LogP contribution < -0.4 is 23.8 Å². The summed E-state index contributed by atoms with van der Waals surface area (Å²) in [5, 5.41) is 3.72. The van der Waals surface area contributed by atoms with Gasteiger partial charge in [-0.1, -0.05) is 11.6 Å². The number of nitrogens with zero attached hydrogens (tertiary/aromatic N) is 3. The molecule has 10 nitrogen and oxygen atoms in total. The van der Waals surface area contributed by atoms with Crippen LogP contribution in [-0.2, 0) is 22.1 Å². The fourth-order valence-corrected chi connectivity index (χ4v) is 8.40. The molecule has 12 heteroatoms. The number of hydrogen-bond acceptors (Lipinski definition) is 9. The van der Waals surface area contributed by atoms with Crippen LogP contribution in [0.15, 0.2) is 76.4 Å². The van der Waals surface area contributed by atoms with E-state index in [1.165, 1.54) is 4.31 Å². The van der Waals surface area contributed by atoms with Crippen LogP contribution in [-0.4, -0.2) is 52.3 Å². The Balaban J connectivity index is 1.49. The van der Waals surface area contributed by atoms with Crippen molar-refractivity contribution in [2.75, 3.05) is 38.3 Å². The number of likely N-dealkylation sites (tertiary alicyclic amines) is 1. The van der Waals surface area contributed by atoms with Gasteiger partial charge in [-0.15, -0.1) is 0 Å². The summed E-state index contributed by atoms with van der Waals surface area (Å²) in [6, 6.07) is 15.7. The van der Waals surface area contributed by atoms with Gasteiger partial charge in [0.1, 0.15) is 12.0 Å². The van der Waals surface area contributed by atoms with Crippen molar-refractivity contribution in [3.8, 4) is 17.2 Å². The number of sulfonamides is 1. The fraction of sp³-hybridized carbons (Fsp3) is 0.323. The van der Waals surface area contributed by atoms with E-state index in [2.05, 4.69) is 21.3 Å². The van der Waals surface area contributed by atoms with Gasteiger partial charge in [0.2, 0.25) is 12.7 Å². The fourth-order valence-electron chi connectivity index (χ4n) is 6.72. The second-order valence-electron chi connectivity index (χ2n) is 10.8. The van der Waals surface area contributed by atoms with E-state index < -0.39 is 15.6 Å². The number of anilines is 1. The van der Waals surface area contributed by atoms with Crippen molar-refractivity contribution in [2.45, 2.75) is 35.9 Å². The van der Waals surface area contributed by atoms with Crippen LogP contribution in [0.4, 0.5) is 5.69 Å². The maximum atomic E-state index is 14.5. The first-order valence-electron chi connectivity index (χ1n) is 14.1. The molecule has 0 radical (unpaired) electrons. The molecule has 1 N–H and O–H groups in total. The average Bonchev–Trinajstić information content (AvgIpc) is 3.82. The predicted molar refractivity (Wildman–Crippen MR) is 160 cm³/mol. The van der Waals surface area contributed by atoms with Crippen molar-refractivity contribution in [3.05, 3.63) is 94.7 Å². The third-order valence-electron chi connectivity index (χ3n) is 8.53. The molecule has 1 unspecified atom stereocenters. The summed E-state index contributed by atoms with van der Waals surface area (Å²) < 4.78 is 53.6. The molecule has 4 heterocycles. The number of nitrogens with one attached hydrogen (secondary N) is 1. The molecular weight excluding hydrogens is 592 g/mol. The molecule has 1 aromatic heterocycles. The van der Waals surface area contributed by atoms with Crippen molar-refractivity contribution >= 4 is 27.3 Å². The molecule has 4 aromatic rings. The Morgan fingerprint density at radius 2 is 1.95 bits per heavy atom. The number of ether oxygens (including phenoxy) is 3. The van der Waals surface area contributed by atoms with E-state index in [-0.39, 0.29) is 24.3 Å². The number of oxazole rings is 1. The van der Waals surface area contributed by atoms with E-state index in [9.17, 15) is 8.42 Å². The molecule has 0 amide bonds. The Bertz CT molecular complexity index is 1770.